The summed E-state index contributed by atoms with van der Waals surface area (Å²) < 4.78 is 23.0. The average molecular weight is 471 g/mol. The maximum Gasteiger partial charge on any atom is 0.269 e. The molecule has 3 aromatic rings. The zero-order valence-corrected chi connectivity index (χ0v) is 19.4. The molecular formula is C22H22N4O4S2. The Morgan fingerprint density at radius 1 is 0.844 bits per heavy atom. The molecule has 0 bridgehead atoms. The number of thioether (sulfide) groups is 1. The Bertz CT molecular complexity index is 1220. The molecule has 0 unspecified atom stereocenters. The van der Waals surface area contributed by atoms with Crippen LogP contribution in [-0.2, 0) is 15.6 Å². The molecule has 0 spiro atoms. The minimum absolute atomic E-state index is 0.112. The standard InChI is InChI=1S/C22H22N4O4S2/c1-14-12-15(2)24-22(23-14)31-13-16-4-6-17(7-5-16)20(27)25-26-21(28)18-8-10-19(11-9-18)32(3,29)30/h4-12H,13H2,1-3H3,(H,25,27)(H,26,28). The molecule has 0 aliphatic heterocycles. The number of nitrogens with zero attached hydrogens (tertiary/aromatic N) is 2. The second-order valence-corrected chi connectivity index (χ2v) is 10.1. The molecule has 2 aromatic carbocycles. The summed E-state index contributed by atoms with van der Waals surface area (Å²) in [5.41, 5.74) is 8.11. The molecule has 1 aromatic heterocycles. The number of hydrogen-bond acceptors (Lipinski definition) is 7. The van der Waals surface area contributed by atoms with Gasteiger partial charge in [0.05, 0.1) is 4.90 Å². The zero-order chi connectivity index (χ0) is 23.3. The van der Waals surface area contributed by atoms with E-state index in [2.05, 4.69) is 20.8 Å². The van der Waals surface area contributed by atoms with E-state index >= 15 is 0 Å². The SMILES string of the molecule is Cc1cc(C)nc(SCc2ccc(C(=O)NNC(=O)c3ccc(S(C)(=O)=O)cc3)cc2)n1. The fourth-order valence-corrected chi connectivity index (χ4v) is 4.31. The van der Waals surface area contributed by atoms with Crippen LogP contribution in [0.25, 0.3) is 0 Å². The molecule has 166 valence electrons. The Morgan fingerprint density at radius 3 is 1.78 bits per heavy atom. The molecule has 0 atom stereocenters. The Labute approximate surface area is 190 Å². The number of amides is 2. The lowest BCUT2D eigenvalue weighted by Gasteiger charge is -2.09. The number of sulfone groups is 1. The van der Waals surface area contributed by atoms with E-state index in [9.17, 15) is 18.0 Å². The van der Waals surface area contributed by atoms with Crippen molar-refractivity contribution < 1.29 is 18.0 Å². The van der Waals surface area contributed by atoms with Crippen molar-refractivity contribution in [2.75, 3.05) is 6.26 Å². The van der Waals surface area contributed by atoms with E-state index in [1.165, 1.54) is 36.0 Å². The Kier molecular flexibility index (Phi) is 7.26. The van der Waals surface area contributed by atoms with Gasteiger partial charge in [-0.1, -0.05) is 23.9 Å². The quantitative estimate of drug-likeness (QED) is 0.323. The van der Waals surface area contributed by atoms with Gasteiger partial charge in [0.15, 0.2) is 15.0 Å². The number of benzene rings is 2. The van der Waals surface area contributed by atoms with Crippen LogP contribution in [-0.4, -0.2) is 36.5 Å². The first-order chi connectivity index (χ1) is 15.1. The minimum Gasteiger partial charge on any atom is -0.267 e. The summed E-state index contributed by atoms with van der Waals surface area (Å²) in [5.74, 6) is -0.367. The number of rotatable bonds is 6. The summed E-state index contributed by atoms with van der Waals surface area (Å²) in [7, 11) is -3.34. The molecule has 0 aliphatic rings. The van der Waals surface area contributed by atoms with Crippen LogP contribution in [0.2, 0.25) is 0 Å². The highest BCUT2D eigenvalue weighted by Crippen LogP contribution is 2.20. The topological polar surface area (TPSA) is 118 Å². The lowest BCUT2D eigenvalue weighted by atomic mass is 10.1. The highest BCUT2D eigenvalue weighted by Gasteiger charge is 2.12. The van der Waals surface area contributed by atoms with Crippen molar-refractivity contribution in [3.8, 4) is 0 Å². The number of hydrogen-bond donors (Lipinski definition) is 2. The van der Waals surface area contributed by atoms with E-state index in [0.717, 1.165) is 23.2 Å². The van der Waals surface area contributed by atoms with E-state index in [1.54, 1.807) is 12.1 Å². The van der Waals surface area contributed by atoms with Gasteiger partial charge in [-0.3, -0.25) is 20.4 Å². The molecule has 10 heteroatoms. The van der Waals surface area contributed by atoms with Gasteiger partial charge in [0.25, 0.3) is 11.8 Å². The molecule has 1 heterocycles. The number of aryl methyl sites for hydroxylation is 2. The maximum atomic E-state index is 12.3. The predicted molar refractivity (Wildman–Crippen MR) is 122 cm³/mol. The zero-order valence-electron chi connectivity index (χ0n) is 17.7. The van der Waals surface area contributed by atoms with Gasteiger partial charge in [-0.05, 0) is 61.9 Å². The molecular weight excluding hydrogens is 448 g/mol. The van der Waals surface area contributed by atoms with Crippen molar-refractivity contribution in [3.05, 3.63) is 82.7 Å². The number of carbonyl (C=O) groups excluding carboxylic acids is 2. The molecule has 0 saturated heterocycles. The monoisotopic (exact) mass is 470 g/mol. The third-order valence-electron chi connectivity index (χ3n) is 4.38. The Hall–Kier alpha value is -3.24. The Balaban J connectivity index is 1.53. The van der Waals surface area contributed by atoms with E-state index in [4.69, 9.17) is 0 Å². The van der Waals surface area contributed by atoms with Crippen molar-refractivity contribution in [1.29, 1.82) is 0 Å². The third kappa shape index (κ3) is 6.38. The van der Waals surface area contributed by atoms with E-state index in [1.807, 2.05) is 32.0 Å². The van der Waals surface area contributed by atoms with E-state index < -0.39 is 21.7 Å². The van der Waals surface area contributed by atoms with Crippen molar-refractivity contribution >= 4 is 33.4 Å². The van der Waals surface area contributed by atoms with Gasteiger partial charge in [-0.15, -0.1) is 0 Å². The first-order valence-corrected chi connectivity index (χ1v) is 12.4. The van der Waals surface area contributed by atoms with Gasteiger partial charge in [0.2, 0.25) is 0 Å². The summed E-state index contributed by atoms with van der Waals surface area (Å²) in [4.78, 5) is 33.4. The Morgan fingerprint density at radius 2 is 1.31 bits per heavy atom. The van der Waals surface area contributed by atoms with Crippen LogP contribution in [0, 0.1) is 13.8 Å². The fourth-order valence-electron chi connectivity index (χ4n) is 2.77. The minimum atomic E-state index is -3.34. The summed E-state index contributed by atoms with van der Waals surface area (Å²) in [5, 5.41) is 0.705. The van der Waals surface area contributed by atoms with Crippen LogP contribution >= 0.6 is 11.8 Å². The molecule has 3 rings (SSSR count). The van der Waals surface area contributed by atoms with Gasteiger partial charge < -0.3 is 0 Å². The number of aromatic nitrogens is 2. The molecule has 0 aliphatic carbocycles. The number of nitrogens with one attached hydrogen (secondary N) is 2. The second-order valence-electron chi connectivity index (χ2n) is 7.12. The van der Waals surface area contributed by atoms with E-state index in [-0.39, 0.29) is 10.5 Å². The molecule has 8 nitrogen and oxygen atoms in total. The van der Waals surface area contributed by atoms with Crippen LogP contribution in [0.1, 0.15) is 37.7 Å². The predicted octanol–water partition coefficient (Wildman–Crippen LogP) is 2.86. The molecule has 0 radical (unpaired) electrons. The number of hydrazine groups is 1. The molecule has 32 heavy (non-hydrogen) atoms. The van der Waals surface area contributed by atoms with Crippen LogP contribution in [0.3, 0.4) is 0 Å². The van der Waals surface area contributed by atoms with Crippen LogP contribution in [0.5, 0.6) is 0 Å². The molecule has 2 amide bonds. The van der Waals surface area contributed by atoms with Crippen LogP contribution < -0.4 is 10.9 Å². The fraction of sp³-hybridized carbons (Fsp3) is 0.182. The van der Waals surface area contributed by atoms with Crippen molar-refractivity contribution in [1.82, 2.24) is 20.8 Å². The highest BCUT2D eigenvalue weighted by atomic mass is 32.2. The van der Waals surface area contributed by atoms with Crippen molar-refractivity contribution in [2.24, 2.45) is 0 Å². The summed E-state index contributed by atoms with van der Waals surface area (Å²) >= 11 is 1.51. The normalized spacial score (nSPS) is 11.1. The maximum absolute atomic E-state index is 12.3. The lowest BCUT2D eigenvalue weighted by Crippen LogP contribution is -2.41. The van der Waals surface area contributed by atoms with Gasteiger partial charge in [-0.25, -0.2) is 18.4 Å². The smallest absolute Gasteiger partial charge is 0.267 e. The summed E-state index contributed by atoms with van der Waals surface area (Å²) in [6.07, 6.45) is 1.09. The van der Waals surface area contributed by atoms with Crippen molar-refractivity contribution in [3.63, 3.8) is 0 Å². The van der Waals surface area contributed by atoms with E-state index in [0.29, 0.717) is 16.5 Å². The van der Waals surface area contributed by atoms with Gasteiger partial charge in [0, 0.05) is 34.5 Å². The summed E-state index contributed by atoms with van der Waals surface area (Å²) in [6.45, 7) is 3.85. The first-order valence-electron chi connectivity index (χ1n) is 9.56. The summed E-state index contributed by atoms with van der Waals surface area (Å²) in [6, 6.07) is 14.3. The molecule has 2 N–H and O–H groups in total. The van der Waals surface area contributed by atoms with Crippen molar-refractivity contribution in [2.45, 2.75) is 29.7 Å². The highest BCUT2D eigenvalue weighted by molar-refractivity contribution is 7.98. The van der Waals surface area contributed by atoms with Gasteiger partial charge >= 0.3 is 0 Å². The lowest BCUT2D eigenvalue weighted by molar-refractivity contribution is 0.0846. The van der Waals surface area contributed by atoms with Crippen LogP contribution in [0.4, 0.5) is 0 Å². The van der Waals surface area contributed by atoms with Gasteiger partial charge in [0.1, 0.15) is 0 Å². The van der Waals surface area contributed by atoms with Gasteiger partial charge in [-0.2, -0.15) is 0 Å². The molecule has 0 saturated carbocycles. The largest absolute Gasteiger partial charge is 0.269 e. The molecule has 0 fully saturated rings. The third-order valence-corrected chi connectivity index (χ3v) is 6.43. The number of carbonyl (C=O) groups is 2. The first kappa shape index (κ1) is 23.4. The average Bonchev–Trinajstić information content (AvgIpc) is 2.75. The second kappa shape index (κ2) is 9.92. The van der Waals surface area contributed by atoms with Crippen LogP contribution in [0.15, 0.2) is 64.6 Å².